The summed E-state index contributed by atoms with van der Waals surface area (Å²) in [5, 5.41) is 9.33. The SMILES string of the molecule is Nc1cc(S(=O)(=O)NC2CCCCCC2)ccc1O. The van der Waals surface area contributed by atoms with Crippen molar-refractivity contribution in [3.05, 3.63) is 18.2 Å². The molecule has 1 aliphatic carbocycles. The zero-order valence-electron chi connectivity index (χ0n) is 10.8. The first-order valence-electron chi connectivity index (χ1n) is 6.60. The molecule has 1 aromatic carbocycles. The molecule has 0 radical (unpaired) electrons. The Bertz CT molecular complexity index is 535. The topological polar surface area (TPSA) is 92.4 Å². The maximum Gasteiger partial charge on any atom is 0.240 e. The van der Waals surface area contributed by atoms with Gasteiger partial charge in [-0.25, -0.2) is 13.1 Å². The van der Waals surface area contributed by atoms with Crippen LogP contribution in [-0.2, 0) is 10.0 Å². The van der Waals surface area contributed by atoms with Gasteiger partial charge < -0.3 is 10.8 Å². The van der Waals surface area contributed by atoms with Gasteiger partial charge in [0.05, 0.1) is 10.6 Å². The molecular weight excluding hydrogens is 264 g/mol. The van der Waals surface area contributed by atoms with E-state index in [0.717, 1.165) is 25.7 Å². The van der Waals surface area contributed by atoms with E-state index in [-0.39, 0.29) is 22.4 Å². The lowest BCUT2D eigenvalue weighted by Gasteiger charge is -2.16. The van der Waals surface area contributed by atoms with Crippen LogP contribution < -0.4 is 10.5 Å². The van der Waals surface area contributed by atoms with Crippen LogP contribution in [0.15, 0.2) is 23.1 Å². The number of benzene rings is 1. The number of sulfonamides is 1. The molecule has 0 atom stereocenters. The lowest BCUT2D eigenvalue weighted by Crippen LogP contribution is -2.34. The van der Waals surface area contributed by atoms with Gasteiger partial charge in [-0.3, -0.25) is 0 Å². The highest BCUT2D eigenvalue weighted by atomic mass is 32.2. The van der Waals surface area contributed by atoms with E-state index in [0.29, 0.717) is 0 Å². The Morgan fingerprint density at radius 3 is 2.37 bits per heavy atom. The van der Waals surface area contributed by atoms with Crippen LogP contribution in [0, 0.1) is 0 Å². The first-order valence-corrected chi connectivity index (χ1v) is 8.08. The summed E-state index contributed by atoms with van der Waals surface area (Å²) in [4.78, 5) is 0.104. The summed E-state index contributed by atoms with van der Waals surface area (Å²) in [6, 6.07) is 3.96. The van der Waals surface area contributed by atoms with E-state index in [9.17, 15) is 13.5 Å². The zero-order chi connectivity index (χ0) is 13.9. The Hall–Kier alpha value is -1.27. The molecule has 0 heterocycles. The highest BCUT2D eigenvalue weighted by Crippen LogP contribution is 2.24. The van der Waals surface area contributed by atoms with Gasteiger partial charge in [-0.05, 0) is 31.0 Å². The van der Waals surface area contributed by atoms with Crippen molar-refractivity contribution in [2.75, 3.05) is 5.73 Å². The van der Waals surface area contributed by atoms with Crippen LogP contribution in [0.4, 0.5) is 5.69 Å². The maximum absolute atomic E-state index is 12.2. The van der Waals surface area contributed by atoms with Crippen molar-refractivity contribution in [1.82, 2.24) is 4.72 Å². The Morgan fingerprint density at radius 2 is 1.79 bits per heavy atom. The molecule has 106 valence electrons. The second kappa shape index (κ2) is 5.79. The third kappa shape index (κ3) is 3.61. The van der Waals surface area contributed by atoms with Crippen molar-refractivity contribution in [2.24, 2.45) is 0 Å². The highest BCUT2D eigenvalue weighted by molar-refractivity contribution is 7.89. The summed E-state index contributed by atoms with van der Waals surface area (Å²) in [6.45, 7) is 0. The summed E-state index contributed by atoms with van der Waals surface area (Å²) in [6.07, 6.45) is 6.23. The van der Waals surface area contributed by atoms with Crippen LogP contribution in [0.5, 0.6) is 5.75 Å². The van der Waals surface area contributed by atoms with Crippen LogP contribution >= 0.6 is 0 Å². The molecule has 2 rings (SSSR count). The van der Waals surface area contributed by atoms with Crippen LogP contribution in [0.1, 0.15) is 38.5 Å². The molecule has 1 fully saturated rings. The van der Waals surface area contributed by atoms with Gasteiger partial charge >= 0.3 is 0 Å². The fourth-order valence-corrected chi connectivity index (χ4v) is 3.72. The van der Waals surface area contributed by atoms with Crippen LogP contribution in [0.25, 0.3) is 0 Å². The van der Waals surface area contributed by atoms with Gasteiger partial charge in [-0.2, -0.15) is 0 Å². The Balaban J connectivity index is 2.14. The summed E-state index contributed by atoms with van der Waals surface area (Å²) in [5.74, 6) is -0.103. The number of anilines is 1. The molecule has 6 heteroatoms. The highest BCUT2D eigenvalue weighted by Gasteiger charge is 2.21. The van der Waals surface area contributed by atoms with Gasteiger partial charge in [-0.15, -0.1) is 0 Å². The Kier molecular flexibility index (Phi) is 4.31. The Morgan fingerprint density at radius 1 is 1.16 bits per heavy atom. The Labute approximate surface area is 113 Å². The first-order chi connectivity index (χ1) is 8.99. The minimum atomic E-state index is -3.56. The van der Waals surface area contributed by atoms with Crippen LogP contribution in [-0.4, -0.2) is 19.6 Å². The van der Waals surface area contributed by atoms with Crippen LogP contribution in [0.2, 0.25) is 0 Å². The summed E-state index contributed by atoms with van der Waals surface area (Å²) in [7, 11) is -3.56. The van der Waals surface area contributed by atoms with Crippen molar-refractivity contribution >= 4 is 15.7 Å². The average molecular weight is 284 g/mol. The summed E-state index contributed by atoms with van der Waals surface area (Å²) < 4.78 is 27.2. The van der Waals surface area contributed by atoms with Crippen LogP contribution in [0.3, 0.4) is 0 Å². The van der Waals surface area contributed by atoms with E-state index in [2.05, 4.69) is 4.72 Å². The van der Waals surface area contributed by atoms with Gasteiger partial charge in [0.15, 0.2) is 0 Å². The number of nitrogen functional groups attached to an aromatic ring is 1. The van der Waals surface area contributed by atoms with E-state index in [4.69, 9.17) is 5.73 Å². The maximum atomic E-state index is 12.2. The molecule has 0 saturated heterocycles. The molecule has 0 spiro atoms. The molecule has 4 N–H and O–H groups in total. The second-order valence-electron chi connectivity index (χ2n) is 5.03. The molecule has 0 aromatic heterocycles. The molecular formula is C13H20N2O3S. The number of nitrogens with one attached hydrogen (secondary N) is 1. The summed E-state index contributed by atoms with van der Waals surface area (Å²) in [5.41, 5.74) is 5.61. The van der Waals surface area contributed by atoms with Gasteiger partial charge in [0.2, 0.25) is 10.0 Å². The van der Waals surface area contributed by atoms with Crippen molar-refractivity contribution < 1.29 is 13.5 Å². The quantitative estimate of drug-likeness (QED) is 0.449. The van der Waals surface area contributed by atoms with Crippen molar-refractivity contribution in [3.8, 4) is 5.75 Å². The first kappa shape index (κ1) is 14.1. The van der Waals surface area contributed by atoms with Crippen molar-refractivity contribution in [1.29, 1.82) is 0 Å². The molecule has 0 amide bonds. The monoisotopic (exact) mass is 284 g/mol. The number of nitrogens with two attached hydrogens (primary N) is 1. The fraction of sp³-hybridized carbons (Fsp3) is 0.538. The predicted molar refractivity (Wildman–Crippen MR) is 74.3 cm³/mol. The lowest BCUT2D eigenvalue weighted by atomic mass is 10.1. The van der Waals surface area contributed by atoms with E-state index >= 15 is 0 Å². The largest absolute Gasteiger partial charge is 0.506 e. The third-order valence-electron chi connectivity index (χ3n) is 3.49. The summed E-state index contributed by atoms with van der Waals surface area (Å²) >= 11 is 0. The number of aromatic hydroxyl groups is 1. The van der Waals surface area contributed by atoms with Gasteiger partial charge in [0.25, 0.3) is 0 Å². The second-order valence-corrected chi connectivity index (χ2v) is 6.74. The van der Waals surface area contributed by atoms with Gasteiger partial charge in [0, 0.05) is 6.04 Å². The lowest BCUT2D eigenvalue weighted by molar-refractivity contribution is 0.477. The fourth-order valence-electron chi connectivity index (χ4n) is 2.38. The number of phenolic OH excluding ortho intramolecular Hbond substituents is 1. The molecule has 1 saturated carbocycles. The molecule has 1 aromatic rings. The standard InChI is InChI=1S/C13H20N2O3S/c14-12-9-11(7-8-13(12)16)19(17,18)15-10-5-3-1-2-4-6-10/h7-10,15-16H,1-6,14H2. The normalized spacial score (nSPS) is 18.1. The predicted octanol–water partition coefficient (Wildman–Crippen LogP) is 1.98. The van der Waals surface area contributed by atoms with Gasteiger partial charge in [0.1, 0.15) is 5.75 Å². The van der Waals surface area contributed by atoms with E-state index in [1.807, 2.05) is 0 Å². The smallest absolute Gasteiger partial charge is 0.240 e. The third-order valence-corrected chi connectivity index (χ3v) is 5.00. The minimum absolute atomic E-state index is 0.00234. The molecule has 5 nitrogen and oxygen atoms in total. The average Bonchev–Trinajstić information content (AvgIpc) is 2.60. The number of hydrogen-bond donors (Lipinski definition) is 3. The molecule has 0 bridgehead atoms. The van der Waals surface area contributed by atoms with E-state index in [1.165, 1.54) is 31.0 Å². The number of rotatable bonds is 3. The molecule has 1 aliphatic rings. The van der Waals surface area contributed by atoms with Crippen molar-refractivity contribution in [2.45, 2.75) is 49.5 Å². The number of phenols is 1. The van der Waals surface area contributed by atoms with Gasteiger partial charge in [-0.1, -0.05) is 25.7 Å². The van der Waals surface area contributed by atoms with E-state index in [1.54, 1.807) is 0 Å². The molecule has 19 heavy (non-hydrogen) atoms. The number of hydrogen-bond acceptors (Lipinski definition) is 4. The van der Waals surface area contributed by atoms with E-state index < -0.39 is 10.0 Å². The zero-order valence-corrected chi connectivity index (χ0v) is 11.6. The van der Waals surface area contributed by atoms with Crippen molar-refractivity contribution in [3.63, 3.8) is 0 Å². The molecule has 0 aliphatic heterocycles. The minimum Gasteiger partial charge on any atom is -0.506 e. The molecule has 0 unspecified atom stereocenters.